The monoisotopic (exact) mass is 289 g/mol. The van der Waals surface area contributed by atoms with Crippen LogP contribution < -0.4 is 5.32 Å². The lowest BCUT2D eigenvalue weighted by Crippen LogP contribution is -2.39. The first-order valence-electron chi connectivity index (χ1n) is 4.69. The number of carbonyl (C=O) groups excluding carboxylic acids is 1. The fourth-order valence-corrected chi connectivity index (χ4v) is 1.40. The van der Waals surface area contributed by atoms with Crippen molar-refractivity contribution in [1.82, 2.24) is 5.32 Å². The number of amides is 1. The van der Waals surface area contributed by atoms with E-state index >= 15 is 0 Å². The number of furan rings is 1. The van der Waals surface area contributed by atoms with E-state index in [0.717, 1.165) is 0 Å². The van der Waals surface area contributed by atoms with Gasteiger partial charge in [0.2, 0.25) is 0 Å². The number of rotatable bonds is 4. The zero-order chi connectivity index (χ0) is 12.3. The Balaban J connectivity index is 2.61. The van der Waals surface area contributed by atoms with Crippen molar-refractivity contribution in [3.8, 4) is 0 Å². The molecule has 1 heterocycles. The zero-order valence-electron chi connectivity index (χ0n) is 8.86. The van der Waals surface area contributed by atoms with Crippen LogP contribution in [0.1, 0.15) is 24.2 Å². The summed E-state index contributed by atoms with van der Waals surface area (Å²) in [5.41, 5.74) is 0.358. The maximum atomic E-state index is 11.6. The molecule has 0 saturated carbocycles. The average Bonchev–Trinajstić information content (AvgIpc) is 2.63. The second-order valence-electron chi connectivity index (χ2n) is 3.53. The summed E-state index contributed by atoms with van der Waals surface area (Å²) in [7, 11) is 0. The number of carbonyl (C=O) groups is 2. The van der Waals surface area contributed by atoms with Crippen LogP contribution in [0.2, 0.25) is 0 Å². The van der Waals surface area contributed by atoms with E-state index in [2.05, 4.69) is 21.2 Å². The Labute approximate surface area is 101 Å². The third-order valence-electron chi connectivity index (χ3n) is 2.33. The molecule has 5 nitrogen and oxygen atoms in total. The third kappa shape index (κ3) is 3.10. The van der Waals surface area contributed by atoms with E-state index in [9.17, 15) is 9.59 Å². The van der Waals surface area contributed by atoms with E-state index in [1.54, 1.807) is 13.8 Å². The molecule has 1 rings (SSSR count). The minimum absolute atomic E-state index is 0.352. The third-order valence-corrected chi connectivity index (χ3v) is 2.74. The van der Waals surface area contributed by atoms with Crippen molar-refractivity contribution in [1.29, 1.82) is 0 Å². The summed E-state index contributed by atoms with van der Waals surface area (Å²) in [5.74, 6) is -1.93. The van der Waals surface area contributed by atoms with E-state index in [4.69, 9.17) is 9.52 Å². The molecule has 0 aliphatic rings. The fraction of sp³-hybridized carbons (Fsp3) is 0.400. The van der Waals surface area contributed by atoms with Crippen molar-refractivity contribution in [3.63, 3.8) is 0 Å². The first kappa shape index (κ1) is 12.8. The predicted molar refractivity (Wildman–Crippen MR) is 60.1 cm³/mol. The molecule has 2 atom stereocenters. The van der Waals surface area contributed by atoms with Crippen LogP contribution in [0.4, 0.5) is 0 Å². The smallest absolute Gasteiger partial charge is 0.308 e. The maximum Gasteiger partial charge on any atom is 0.308 e. The van der Waals surface area contributed by atoms with E-state index in [-0.39, 0.29) is 5.91 Å². The van der Waals surface area contributed by atoms with Gasteiger partial charge in [0.25, 0.3) is 5.91 Å². The van der Waals surface area contributed by atoms with Gasteiger partial charge in [0, 0.05) is 12.1 Å². The molecule has 6 heteroatoms. The van der Waals surface area contributed by atoms with Crippen molar-refractivity contribution in [3.05, 3.63) is 22.6 Å². The average molecular weight is 290 g/mol. The van der Waals surface area contributed by atoms with Gasteiger partial charge in [-0.05, 0) is 29.8 Å². The first-order chi connectivity index (χ1) is 7.41. The highest BCUT2D eigenvalue weighted by Gasteiger charge is 2.21. The number of carboxylic acids is 1. The van der Waals surface area contributed by atoms with Crippen LogP contribution in [0.5, 0.6) is 0 Å². The van der Waals surface area contributed by atoms with Crippen LogP contribution >= 0.6 is 15.9 Å². The van der Waals surface area contributed by atoms with Gasteiger partial charge in [-0.1, -0.05) is 0 Å². The Morgan fingerprint density at radius 2 is 2.12 bits per heavy atom. The molecule has 0 aliphatic heterocycles. The summed E-state index contributed by atoms with van der Waals surface area (Å²) in [6, 6.07) is 1.08. The Kier molecular flexibility index (Phi) is 4.12. The maximum absolute atomic E-state index is 11.6. The van der Waals surface area contributed by atoms with Gasteiger partial charge in [-0.15, -0.1) is 0 Å². The van der Waals surface area contributed by atoms with Gasteiger partial charge < -0.3 is 14.8 Å². The normalized spacial score (nSPS) is 14.2. The summed E-state index contributed by atoms with van der Waals surface area (Å²) < 4.78 is 5.37. The van der Waals surface area contributed by atoms with Gasteiger partial charge in [0.05, 0.1) is 11.5 Å². The lowest BCUT2D eigenvalue weighted by molar-refractivity contribution is -0.141. The van der Waals surface area contributed by atoms with Crippen molar-refractivity contribution >= 4 is 27.8 Å². The lowest BCUT2D eigenvalue weighted by Gasteiger charge is -2.16. The SMILES string of the molecule is CC(NC(=O)c1coc(Br)c1)C(C)C(=O)O. The molecule has 1 aromatic heterocycles. The van der Waals surface area contributed by atoms with Gasteiger partial charge in [0.1, 0.15) is 6.26 Å². The molecular weight excluding hydrogens is 278 g/mol. The van der Waals surface area contributed by atoms with Crippen LogP contribution in [0.25, 0.3) is 0 Å². The standard InChI is InChI=1S/C10H12BrNO4/c1-5(10(14)15)6(2)12-9(13)7-3-8(11)16-4-7/h3-6H,1-2H3,(H,12,13)(H,14,15). The fourth-order valence-electron chi connectivity index (χ4n) is 1.06. The van der Waals surface area contributed by atoms with Crippen LogP contribution in [-0.4, -0.2) is 23.0 Å². The molecule has 1 amide bonds. The van der Waals surface area contributed by atoms with Crippen LogP contribution in [0.3, 0.4) is 0 Å². The highest BCUT2D eigenvalue weighted by atomic mass is 79.9. The number of halogens is 1. The predicted octanol–water partition coefficient (Wildman–Crippen LogP) is 1.88. The molecular formula is C10H12BrNO4. The number of hydrogen-bond acceptors (Lipinski definition) is 3. The Bertz CT molecular complexity index is 401. The molecule has 2 N–H and O–H groups in total. The van der Waals surface area contributed by atoms with Crippen LogP contribution in [-0.2, 0) is 4.79 Å². The molecule has 0 fully saturated rings. The van der Waals surface area contributed by atoms with E-state index < -0.39 is 17.9 Å². The minimum atomic E-state index is -0.943. The topological polar surface area (TPSA) is 79.5 Å². The Hall–Kier alpha value is -1.30. The first-order valence-corrected chi connectivity index (χ1v) is 5.49. The molecule has 16 heavy (non-hydrogen) atoms. The number of carboxylic acid groups (broad SMARTS) is 1. The molecule has 0 spiro atoms. The van der Waals surface area contributed by atoms with Crippen molar-refractivity contribution in [2.45, 2.75) is 19.9 Å². The van der Waals surface area contributed by atoms with E-state index in [1.807, 2.05) is 0 Å². The summed E-state index contributed by atoms with van der Waals surface area (Å²) in [6.45, 7) is 3.18. The number of nitrogens with one attached hydrogen (secondary N) is 1. The largest absolute Gasteiger partial charge is 0.481 e. The summed E-state index contributed by atoms with van der Waals surface area (Å²) in [4.78, 5) is 22.3. The van der Waals surface area contributed by atoms with Crippen molar-refractivity contribution in [2.75, 3.05) is 0 Å². The Morgan fingerprint density at radius 3 is 2.56 bits per heavy atom. The highest BCUT2D eigenvalue weighted by Crippen LogP contribution is 2.14. The van der Waals surface area contributed by atoms with Gasteiger partial charge in [0.15, 0.2) is 4.67 Å². The molecule has 0 bridgehead atoms. The lowest BCUT2D eigenvalue weighted by atomic mass is 10.0. The summed E-state index contributed by atoms with van der Waals surface area (Å²) in [6.07, 6.45) is 1.30. The molecule has 2 unspecified atom stereocenters. The second kappa shape index (κ2) is 5.16. The van der Waals surface area contributed by atoms with Gasteiger partial charge >= 0.3 is 5.97 Å². The summed E-state index contributed by atoms with van der Waals surface area (Å²) >= 11 is 3.08. The number of hydrogen-bond donors (Lipinski definition) is 2. The second-order valence-corrected chi connectivity index (χ2v) is 4.31. The van der Waals surface area contributed by atoms with E-state index in [1.165, 1.54) is 12.3 Å². The van der Waals surface area contributed by atoms with Crippen molar-refractivity contribution < 1.29 is 19.1 Å². The zero-order valence-corrected chi connectivity index (χ0v) is 10.4. The van der Waals surface area contributed by atoms with Gasteiger partial charge in [-0.2, -0.15) is 0 Å². The van der Waals surface area contributed by atoms with Crippen LogP contribution in [0, 0.1) is 5.92 Å². The molecule has 0 aliphatic carbocycles. The van der Waals surface area contributed by atoms with Gasteiger partial charge in [-0.3, -0.25) is 9.59 Å². The molecule has 88 valence electrons. The van der Waals surface area contributed by atoms with E-state index in [0.29, 0.717) is 10.2 Å². The molecule has 0 saturated heterocycles. The Morgan fingerprint density at radius 1 is 1.50 bits per heavy atom. The highest BCUT2D eigenvalue weighted by molar-refractivity contribution is 9.10. The van der Waals surface area contributed by atoms with Gasteiger partial charge in [-0.25, -0.2) is 0 Å². The molecule has 0 aromatic carbocycles. The number of aliphatic carboxylic acids is 1. The minimum Gasteiger partial charge on any atom is -0.481 e. The molecule has 0 radical (unpaired) electrons. The van der Waals surface area contributed by atoms with Crippen LogP contribution in [0.15, 0.2) is 21.4 Å². The molecule has 1 aromatic rings. The summed E-state index contributed by atoms with van der Waals surface area (Å²) in [5, 5.41) is 11.4. The quantitative estimate of drug-likeness (QED) is 0.887. The van der Waals surface area contributed by atoms with Crippen molar-refractivity contribution in [2.24, 2.45) is 5.92 Å².